The first-order chi connectivity index (χ1) is 10.7. The molecule has 1 amide bonds. The summed E-state index contributed by atoms with van der Waals surface area (Å²) in [7, 11) is -0.361. The zero-order valence-corrected chi connectivity index (χ0v) is 14.9. The second-order valence-corrected chi connectivity index (χ2v) is 8.49. The van der Waals surface area contributed by atoms with Gasteiger partial charge in [-0.15, -0.1) is 0 Å². The van der Waals surface area contributed by atoms with E-state index in [1.165, 1.54) is 18.4 Å². The molecule has 2 rings (SSSR count). The summed E-state index contributed by atoms with van der Waals surface area (Å²) in [6, 6.07) is 4.79. The van der Waals surface area contributed by atoms with Crippen molar-refractivity contribution in [2.75, 3.05) is 33.1 Å². The molecule has 0 radical (unpaired) electrons. The molecule has 1 fully saturated rings. The predicted molar refractivity (Wildman–Crippen MR) is 89.2 cm³/mol. The molecule has 1 aromatic rings. The fourth-order valence-corrected chi connectivity index (χ4v) is 3.78. The topological polar surface area (TPSA) is 75.7 Å². The van der Waals surface area contributed by atoms with E-state index in [-0.39, 0.29) is 23.6 Å². The molecular weight excluding hydrogens is 340 g/mol. The molecule has 0 unspecified atom stereocenters. The number of amides is 1. The molecule has 0 bridgehead atoms. The van der Waals surface area contributed by atoms with E-state index in [4.69, 9.17) is 16.3 Å². The van der Waals surface area contributed by atoms with E-state index in [2.05, 4.69) is 5.32 Å². The van der Waals surface area contributed by atoms with Gasteiger partial charge in [0.05, 0.1) is 25.0 Å². The highest BCUT2D eigenvalue weighted by Crippen LogP contribution is 2.21. The van der Waals surface area contributed by atoms with E-state index in [0.717, 1.165) is 0 Å². The van der Waals surface area contributed by atoms with Crippen LogP contribution in [0, 0.1) is 12.8 Å². The molecular formula is C15H21ClN2O4S. The normalized spacial score (nSPS) is 21.6. The first-order valence-corrected chi connectivity index (χ1v) is 9.25. The lowest BCUT2D eigenvalue weighted by molar-refractivity contribution is 0.0925. The molecule has 1 saturated heterocycles. The number of carbonyl (C=O) groups is 1. The number of hydrogen-bond donors (Lipinski definition) is 1. The van der Waals surface area contributed by atoms with Crippen LogP contribution < -0.4 is 5.32 Å². The molecule has 1 aliphatic rings. The van der Waals surface area contributed by atoms with E-state index >= 15 is 0 Å². The van der Waals surface area contributed by atoms with Crippen LogP contribution in [0.5, 0.6) is 0 Å². The Bertz CT molecular complexity index is 691. The number of carbonyl (C=O) groups excluding carboxylic acids is 1. The lowest BCUT2D eigenvalue weighted by Gasteiger charge is -2.21. The quantitative estimate of drug-likeness (QED) is 0.858. The van der Waals surface area contributed by atoms with Gasteiger partial charge in [-0.3, -0.25) is 4.79 Å². The van der Waals surface area contributed by atoms with Gasteiger partial charge in [0.2, 0.25) is 10.0 Å². The van der Waals surface area contributed by atoms with Gasteiger partial charge >= 0.3 is 0 Å². The summed E-state index contributed by atoms with van der Waals surface area (Å²) in [5, 5.41) is 3.39. The summed E-state index contributed by atoms with van der Waals surface area (Å²) in [6.07, 6.45) is 0. The zero-order valence-electron chi connectivity index (χ0n) is 13.4. The Balaban J connectivity index is 2.09. The fraction of sp³-hybridized carbons (Fsp3) is 0.533. The molecule has 2 atom stereocenters. The molecule has 1 heterocycles. The zero-order chi connectivity index (χ0) is 17.2. The molecule has 0 saturated carbocycles. The second-order valence-electron chi connectivity index (χ2n) is 5.85. The van der Waals surface area contributed by atoms with Gasteiger partial charge in [0.15, 0.2) is 0 Å². The van der Waals surface area contributed by atoms with Gasteiger partial charge in [0.1, 0.15) is 0 Å². The maximum absolute atomic E-state index is 12.4. The first-order valence-electron chi connectivity index (χ1n) is 7.26. The molecule has 1 aliphatic heterocycles. The van der Waals surface area contributed by atoms with Crippen molar-refractivity contribution in [3.63, 3.8) is 0 Å². The first kappa shape index (κ1) is 18.2. The monoisotopic (exact) mass is 360 g/mol. The predicted octanol–water partition coefficient (Wildman–Crippen LogP) is 1.28. The van der Waals surface area contributed by atoms with Gasteiger partial charge in [-0.1, -0.05) is 17.7 Å². The molecule has 1 aromatic carbocycles. The molecule has 1 N–H and O–H groups in total. The van der Waals surface area contributed by atoms with Crippen LogP contribution in [0.25, 0.3) is 0 Å². The van der Waals surface area contributed by atoms with Gasteiger partial charge in [-0.05, 0) is 24.6 Å². The molecule has 23 heavy (non-hydrogen) atoms. The average Bonchev–Trinajstić information content (AvgIpc) is 2.88. The van der Waals surface area contributed by atoms with Crippen molar-refractivity contribution >= 4 is 27.5 Å². The maximum atomic E-state index is 12.4. The van der Waals surface area contributed by atoms with Gasteiger partial charge in [-0.25, -0.2) is 12.7 Å². The molecule has 8 heteroatoms. The van der Waals surface area contributed by atoms with Crippen molar-refractivity contribution in [1.82, 2.24) is 9.62 Å². The molecule has 0 aromatic heterocycles. The van der Waals surface area contributed by atoms with Crippen LogP contribution in [0.15, 0.2) is 18.2 Å². The van der Waals surface area contributed by atoms with Crippen LogP contribution >= 0.6 is 11.6 Å². The van der Waals surface area contributed by atoms with Gasteiger partial charge in [-0.2, -0.15) is 0 Å². The van der Waals surface area contributed by atoms with Crippen molar-refractivity contribution < 1.29 is 17.9 Å². The van der Waals surface area contributed by atoms with Crippen molar-refractivity contribution in [3.8, 4) is 0 Å². The van der Waals surface area contributed by atoms with Gasteiger partial charge in [0, 0.05) is 30.6 Å². The lowest BCUT2D eigenvalue weighted by atomic mass is 10.0. The number of nitrogens with zero attached hydrogens (tertiary/aromatic N) is 1. The number of ether oxygens (including phenoxy) is 1. The SMILES string of the molecule is Cc1c(Cl)cccc1C(=O)N[C@H]1COC[C@H]1CS(=O)(=O)N(C)C. The number of halogens is 1. The minimum absolute atomic E-state index is 0.0561. The molecule has 0 spiro atoms. The molecule has 6 nitrogen and oxygen atoms in total. The Hall–Kier alpha value is -1.15. The minimum Gasteiger partial charge on any atom is -0.379 e. The Morgan fingerprint density at radius 2 is 2.09 bits per heavy atom. The van der Waals surface area contributed by atoms with Crippen molar-refractivity contribution in [2.24, 2.45) is 5.92 Å². The number of benzene rings is 1. The average molecular weight is 361 g/mol. The summed E-state index contributed by atoms with van der Waals surface area (Å²) in [5.74, 6) is -0.599. The third kappa shape index (κ3) is 4.23. The molecule has 0 aliphatic carbocycles. The Morgan fingerprint density at radius 3 is 2.74 bits per heavy atom. The van der Waals surface area contributed by atoms with Crippen molar-refractivity contribution in [3.05, 3.63) is 34.3 Å². The number of rotatable bonds is 5. The van der Waals surface area contributed by atoms with Crippen LogP contribution in [-0.2, 0) is 14.8 Å². The summed E-state index contributed by atoms with van der Waals surface area (Å²) in [6.45, 7) is 2.39. The third-order valence-corrected chi connectivity index (χ3v) is 6.38. The standard InChI is InChI=1S/C15H21ClN2O4S/c1-10-12(5-4-6-13(10)16)15(19)17-14-8-22-7-11(14)9-23(20,21)18(2)3/h4-6,11,14H,7-9H2,1-3H3,(H,17,19)/t11-,14-/m0/s1. The van der Waals surface area contributed by atoms with E-state index in [1.807, 2.05) is 0 Å². The highest BCUT2D eigenvalue weighted by molar-refractivity contribution is 7.89. The number of hydrogen-bond acceptors (Lipinski definition) is 4. The van der Waals surface area contributed by atoms with Gasteiger partial charge in [0.25, 0.3) is 5.91 Å². The largest absolute Gasteiger partial charge is 0.379 e. The van der Waals surface area contributed by atoms with Crippen LogP contribution in [0.1, 0.15) is 15.9 Å². The smallest absolute Gasteiger partial charge is 0.251 e. The van der Waals surface area contributed by atoms with Crippen molar-refractivity contribution in [2.45, 2.75) is 13.0 Å². The van der Waals surface area contributed by atoms with Crippen LogP contribution in [0.4, 0.5) is 0 Å². The summed E-state index contributed by atoms with van der Waals surface area (Å²) >= 11 is 6.04. The van der Waals surface area contributed by atoms with Crippen LogP contribution in [0.2, 0.25) is 5.02 Å². The Morgan fingerprint density at radius 1 is 1.39 bits per heavy atom. The minimum atomic E-state index is -3.35. The second kappa shape index (κ2) is 7.17. The van der Waals surface area contributed by atoms with Crippen LogP contribution in [0.3, 0.4) is 0 Å². The van der Waals surface area contributed by atoms with E-state index < -0.39 is 10.0 Å². The molecule has 128 valence electrons. The highest BCUT2D eigenvalue weighted by Gasteiger charge is 2.34. The van der Waals surface area contributed by atoms with E-state index in [1.54, 1.807) is 25.1 Å². The van der Waals surface area contributed by atoms with E-state index in [0.29, 0.717) is 29.4 Å². The number of sulfonamides is 1. The lowest BCUT2D eigenvalue weighted by Crippen LogP contribution is -2.43. The number of nitrogens with one attached hydrogen (secondary N) is 1. The summed E-state index contributed by atoms with van der Waals surface area (Å²) < 4.78 is 30.6. The fourth-order valence-electron chi connectivity index (χ4n) is 2.44. The highest BCUT2D eigenvalue weighted by atomic mass is 35.5. The Kier molecular flexibility index (Phi) is 5.67. The maximum Gasteiger partial charge on any atom is 0.251 e. The van der Waals surface area contributed by atoms with Crippen LogP contribution in [-0.4, -0.2) is 57.7 Å². The van der Waals surface area contributed by atoms with Gasteiger partial charge < -0.3 is 10.1 Å². The Labute approximate surface area is 141 Å². The third-order valence-electron chi connectivity index (χ3n) is 4.01. The summed E-state index contributed by atoms with van der Waals surface area (Å²) in [5.41, 5.74) is 1.18. The summed E-state index contributed by atoms with van der Waals surface area (Å²) in [4.78, 5) is 12.4. The van der Waals surface area contributed by atoms with Crippen molar-refractivity contribution in [1.29, 1.82) is 0 Å². The van der Waals surface area contributed by atoms with E-state index in [9.17, 15) is 13.2 Å².